The van der Waals surface area contributed by atoms with Gasteiger partial charge in [0.25, 0.3) is 0 Å². The summed E-state index contributed by atoms with van der Waals surface area (Å²) in [6.45, 7) is 7.03. The minimum atomic E-state index is 0.648. The van der Waals surface area contributed by atoms with Crippen molar-refractivity contribution in [1.82, 2.24) is 9.97 Å². The van der Waals surface area contributed by atoms with Gasteiger partial charge in [0.1, 0.15) is 11.3 Å². The van der Waals surface area contributed by atoms with Gasteiger partial charge in [0.15, 0.2) is 5.76 Å². The van der Waals surface area contributed by atoms with E-state index in [0.717, 1.165) is 46.5 Å². The van der Waals surface area contributed by atoms with Crippen LogP contribution in [0.4, 0.5) is 5.95 Å². The lowest BCUT2D eigenvalue weighted by Crippen LogP contribution is -2.05. The fraction of sp³-hybridized carbons (Fsp3) is 0.294. The number of rotatable bonds is 4. The molecule has 0 saturated heterocycles. The standard InChI is InChI=1S/C17H19N3O/c1-4-8-18-17-19-10-12(3)15(20-17)14-9-13-7-5-6-11(2)16(13)21-14/h5-7,9-10H,4,8H2,1-3H3,(H,18,19,20). The van der Waals surface area contributed by atoms with Crippen LogP contribution in [0.5, 0.6) is 0 Å². The fourth-order valence-electron chi connectivity index (χ4n) is 2.34. The molecule has 4 heteroatoms. The molecule has 0 aliphatic rings. The first-order chi connectivity index (χ1) is 10.2. The Balaban J connectivity index is 2.06. The average Bonchev–Trinajstić information content (AvgIpc) is 2.92. The first kappa shape index (κ1) is 13.6. The first-order valence-electron chi connectivity index (χ1n) is 7.26. The maximum atomic E-state index is 6.01. The molecule has 0 aliphatic heterocycles. The molecule has 2 heterocycles. The molecule has 4 nitrogen and oxygen atoms in total. The van der Waals surface area contributed by atoms with Gasteiger partial charge in [-0.05, 0) is 37.5 Å². The summed E-state index contributed by atoms with van der Waals surface area (Å²) >= 11 is 0. The Morgan fingerprint density at radius 1 is 1.19 bits per heavy atom. The summed E-state index contributed by atoms with van der Waals surface area (Å²) in [4.78, 5) is 8.90. The SMILES string of the molecule is CCCNc1ncc(C)c(-c2cc3cccc(C)c3o2)n1. The van der Waals surface area contributed by atoms with Gasteiger partial charge >= 0.3 is 0 Å². The van der Waals surface area contributed by atoms with E-state index in [9.17, 15) is 0 Å². The van der Waals surface area contributed by atoms with Gasteiger partial charge in [-0.15, -0.1) is 0 Å². The molecule has 0 saturated carbocycles. The Morgan fingerprint density at radius 2 is 2.05 bits per heavy atom. The zero-order valence-electron chi connectivity index (χ0n) is 12.6. The Kier molecular flexibility index (Phi) is 3.60. The molecule has 1 N–H and O–H groups in total. The molecule has 0 unspecified atom stereocenters. The Hall–Kier alpha value is -2.36. The van der Waals surface area contributed by atoms with E-state index >= 15 is 0 Å². The van der Waals surface area contributed by atoms with Gasteiger partial charge in [-0.3, -0.25) is 0 Å². The van der Waals surface area contributed by atoms with E-state index in [0.29, 0.717) is 5.95 Å². The van der Waals surface area contributed by atoms with E-state index < -0.39 is 0 Å². The van der Waals surface area contributed by atoms with Crippen LogP contribution in [0.15, 0.2) is 34.9 Å². The van der Waals surface area contributed by atoms with Gasteiger partial charge in [0, 0.05) is 18.1 Å². The van der Waals surface area contributed by atoms with Gasteiger partial charge < -0.3 is 9.73 Å². The number of benzene rings is 1. The molecule has 0 bridgehead atoms. The second-order valence-corrected chi connectivity index (χ2v) is 5.26. The van der Waals surface area contributed by atoms with Gasteiger partial charge in [-0.25, -0.2) is 9.97 Å². The van der Waals surface area contributed by atoms with Crippen LogP contribution in [0, 0.1) is 13.8 Å². The number of anilines is 1. The normalized spacial score (nSPS) is 11.0. The van der Waals surface area contributed by atoms with Crippen molar-refractivity contribution in [2.75, 3.05) is 11.9 Å². The largest absolute Gasteiger partial charge is 0.454 e. The highest BCUT2D eigenvalue weighted by Crippen LogP contribution is 2.30. The van der Waals surface area contributed by atoms with Crippen molar-refractivity contribution in [2.45, 2.75) is 27.2 Å². The molecule has 3 rings (SSSR count). The van der Waals surface area contributed by atoms with E-state index in [1.54, 1.807) is 0 Å². The molecular weight excluding hydrogens is 262 g/mol. The molecule has 1 aromatic carbocycles. The van der Waals surface area contributed by atoms with E-state index in [2.05, 4.69) is 41.3 Å². The maximum absolute atomic E-state index is 6.01. The number of aryl methyl sites for hydroxylation is 2. The summed E-state index contributed by atoms with van der Waals surface area (Å²) in [6, 6.07) is 8.19. The van der Waals surface area contributed by atoms with Crippen LogP contribution in [0.25, 0.3) is 22.4 Å². The Labute approximate surface area is 124 Å². The number of nitrogens with zero attached hydrogens (tertiary/aromatic N) is 2. The summed E-state index contributed by atoms with van der Waals surface area (Å²) in [5, 5.41) is 4.32. The highest BCUT2D eigenvalue weighted by molar-refractivity contribution is 5.85. The lowest BCUT2D eigenvalue weighted by Gasteiger charge is -2.06. The number of furan rings is 1. The lowest BCUT2D eigenvalue weighted by molar-refractivity contribution is 0.625. The predicted octanol–water partition coefficient (Wildman–Crippen LogP) is 4.33. The van der Waals surface area contributed by atoms with Crippen molar-refractivity contribution < 1.29 is 4.42 Å². The molecule has 108 valence electrons. The third-order valence-corrected chi connectivity index (χ3v) is 3.48. The number of hydrogen-bond acceptors (Lipinski definition) is 4. The van der Waals surface area contributed by atoms with Crippen LogP contribution in [0.2, 0.25) is 0 Å². The Morgan fingerprint density at radius 3 is 2.81 bits per heavy atom. The van der Waals surface area contributed by atoms with Crippen LogP contribution >= 0.6 is 0 Å². The van der Waals surface area contributed by atoms with E-state index in [1.807, 2.05) is 25.3 Å². The fourth-order valence-corrected chi connectivity index (χ4v) is 2.34. The van der Waals surface area contributed by atoms with Crippen molar-refractivity contribution in [1.29, 1.82) is 0 Å². The van der Waals surface area contributed by atoms with Crippen LogP contribution < -0.4 is 5.32 Å². The third kappa shape index (κ3) is 2.61. The Bertz CT molecular complexity index is 777. The predicted molar refractivity (Wildman–Crippen MR) is 85.5 cm³/mol. The van der Waals surface area contributed by atoms with E-state index in [1.165, 1.54) is 0 Å². The van der Waals surface area contributed by atoms with Crippen LogP contribution in [-0.2, 0) is 0 Å². The number of hydrogen-bond donors (Lipinski definition) is 1. The lowest BCUT2D eigenvalue weighted by atomic mass is 10.1. The van der Waals surface area contributed by atoms with Gasteiger partial charge in [0.05, 0.1) is 0 Å². The molecule has 21 heavy (non-hydrogen) atoms. The average molecular weight is 281 g/mol. The van der Waals surface area contributed by atoms with Crippen LogP contribution in [0.3, 0.4) is 0 Å². The smallest absolute Gasteiger partial charge is 0.223 e. The van der Waals surface area contributed by atoms with E-state index in [4.69, 9.17) is 4.42 Å². The highest BCUT2D eigenvalue weighted by Gasteiger charge is 2.12. The summed E-state index contributed by atoms with van der Waals surface area (Å²) in [7, 11) is 0. The van der Waals surface area contributed by atoms with Gasteiger partial charge in [-0.2, -0.15) is 0 Å². The van der Waals surface area contributed by atoms with Crippen molar-refractivity contribution in [3.8, 4) is 11.5 Å². The molecule has 0 radical (unpaired) electrons. The molecule has 2 aromatic heterocycles. The quantitative estimate of drug-likeness (QED) is 0.773. The first-order valence-corrected chi connectivity index (χ1v) is 7.26. The number of nitrogens with one attached hydrogen (secondary N) is 1. The van der Waals surface area contributed by atoms with Crippen molar-refractivity contribution in [2.24, 2.45) is 0 Å². The zero-order chi connectivity index (χ0) is 14.8. The molecule has 0 spiro atoms. The van der Waals surface area contributed by atoms with Gasteiger partial charge in [-0.1, -0.05) is 25.1 Å². The molecule has 3 aromatic rings. The molecule has 0 amide bonds. The molecule has 0 aliphatic carbocycles. The monoisotopic (exact) mass is 281 g/mol. The highest BCUT2D eigenvalue weighted by atomic mass is 16.3. The minimum absolute atomic E-state index is 0.648. The van der Waals surface area contributed by atoms with Crippen molar-refractivity contribution in [3.05, 3.63) is 41.6 Å². The van der Waals surface area contributed by atoms with E-state index in [-0.39, 0.29) is 0 Å². The second-order valence-electron chi connectivity index (χ2n) is 5.26. The van der Waals surface area contributed by atoms with Gasteiger partial charge in [0.2, 0.25) is 5.95 Å². The second kappa shape index (κ2) is 5.56. The number of fused-ring (bicyclic) bond motifs is 1. The molecular formula is C17H19N3O. The minimum Gasteiger partial charge on any atom is -0.454 e. The number of para-hydroxylation sites is 1. The summed E-state index contributed by atoms with van der Waals surface area (Å²) < 4.78 is 6.01. The maximum Gasteiger partial charge on any atom is 0.223 e. The summed E-state index contributed by atoms with van der Waals surface area (Å²) in [6.07, 6.45) is 2.87. The topological polar surface area (TPSA) is 51.0 Å². The number of aromatic nitrogens is 2. The van der Waals surface area contributed by atoms with Crippen LogP contribution in [-0.4, -0.2) is 16.5 Å². The molecule has 0 atom stereocenters. The van der Waals surface area contributed by atoms with Crippen molar-refractivity contribution >= 4 is 16.9 Å². The zero-order valence-corrected chi connectivity index (χ0v) is 12.6. The summed E-state index contributed by atoms with van der Waals surface area (Å²) in [5.74, 6) is 1.44. The third-order valence-electron chi connectivity index (χ3n) is 3.48. The van der Waals surface area contributed by atoms with Crippen molar-refractivity contribution in [3.63, 3.8) is 0 Å². The molecule has 0 fully saturated rings. The van der Waals surface area contributed by atoms with Crippen LogP contribution in [0.1, 0.15) is 24.5 Å². The summed E-state index contributed by atoms with van der Waals surface area (Å²) in [5.41, 5.74) is 3.91.